The van der Waals surface area contributed by atoms with Crippen LogP contribution in [-0.2, 0) is 21.6 Å². The highest BCUT2D eigenvalue weighted by Gasteiger charge is 2.45. The summed E-state index contributed by atoms with van der Waals surface area (Å²) in [6, 6.07) is 21.9. The molecule has 3 aromatic carbocycles. The van der Waals surface area contributed by atoms with E-state index in [1.54, 1.807) is 24.4 Å². The number of nitriles is 1. The lowest BCUT2D eigenvalue weighted by Crippen LogP contribution is -2.54. The molecule has 298 valence electrons. The number of amides is 4. The van der Waals surface area contributed by atoms with Crippen molar-refractivity contribution in [3.63, 3.8) is 0 Å². The van der Waals surface area contributed by atoms with Gasteiger partial charge in [-0.15, -0.1) is 0 Å². The number of carbonyl (C=O) groups excluding carboxylic acids is 4. The zero-order valence-electron chi connectivity index (χ0n) is 32.6. The maximum Gasteiger partial charge on any atom is 0.262 e. The van der Waals surface area contributed by atoms with Crippen molar-refractivity contribution in [1.29, 1.82) is 5.26 Å². The third kappa shape index (κ3) is 7.99. The number of hydrogen-bond donors (Lipinski definition) is 1. The number of piperazine rings is 1. The number of carbonyl (C=O) groups is 4. The molecule has 4 aliphatic rings. The van der Waals surface area contributed by atoms with E-state index in [1.165, 1.54) is 0 Å². The van der Waals surface area contributed by atoms with Crippen molar-refractivity contribution in [2.75, 3.05) is 55.6 Å². The number of piperidine rings is 2. The van der Waals surface area contributed by atoms with Gasteiger partial charge < -0.3 is 14.5 Å². The van der Waals surface area contributed by atoms with Crippen LogP contribution in [0.5, 0.6) is 5.75 Å². The minimum absolute atomic E-state index is 0.0924. The van der Waals surface area contributed by atoms with Gasteiger partial charge in [0.05, 0.1) is 28.5 Å². The summed E-state index contributed by atoms with van der Waals surface area (Å²) in [6.45, 7) is 10.7. The van der Waals surface area contributed by atoms with Crippen LogP contribution < -0.4 is 19.9 Å². The van der Waals surface area contributed by atoms with Crippen LogP contribution in [-0.4, -0.2) is 95.3 Å². The van der Waals surface area contributed by atoms with Gasteiger partial charge in [-0.3, -0.25) is 34.3 Å². The Kier molecular flexibility index (Phi) is 10.9. The van der Waals surface area contributed by atoms with Crippen molar-refractivity contribution in [1.82, 2.24) is 25.1 Å². The molecule has 0 spiro atoms. The van der Waals surface area contributed by atoms with Gasteiger partial charge in [-0.05, 0) is 90.9 Å². The third-order valence-corrected chi connectivity index (χ3v) is 12.2. The Morgan fingerprint density at radius 1 is 0.845 bits per heavy atom. The quantitative estimate of drug-likeness (QED) is 0.207. The lowest BCUT2D eigenvalue weighted by atomic mass is 9.78. The van der Waals surface area contributed by atoms with Crippen LogP contribution in [0.4, 0.5) is 11.6 Å². The smallest absolute Gasteiger partial charge is 0.262 e. The lowest BCUT2D eigenvalue weighted by Gasteiger charge is -2.39. The lowest BCUT2D eigenvalue weighted by molar-refractivity contribution is -0.136. The maximum atomic E-state index is 13.3. The second-order valence-corrected chi connectivity index (χ2v) is 16.5. The Bertz CT molecular complexity index is 2290. The molecule has 1 N–H and O–H groups in total. The third-order valence-electron chi connectivity index (χ3n) is 12.0. The van der Waals surface area contributed by atoms with E-state index in [0.29, 0.717) is 34.2 Å². The molecule has 1 atom stereocenters. The molecule has 3 fully saturated rings. The van der Waals surface area contributed by atoms with E-state index in [-0.39, 0.29) is 18.3 Å². The summed E-state index contributed by atoms with van der Waals surface area (Å²) in [5, 5.41) is 12.2. The molecule has 8 rings (SSSR count). The van der Waals surface area contributed by atoms with Crippen LogP contribution in [0.2, 0.25) is 5.02 Å². The molecular formula is C44H45ClN8O5. The number of nitrogens with zero attached hydrogens (tertiary/aromatic N) is 7. The number of rotatable bonds is 10. The fraction of sp³-hybridized carbons (Fsp3) is 0.386. The number of benzene rings is 3. The number of anilines is 2. The van der Waals surface area contributed by atoms with E-state index < -0.39 is 29.7 Å². The van der Waals surface area contributed by atoms with Crippen molar-refractivity contribution in [3.8, 4) is 11.8 Å². The molecule has 1 unspecified atom stereocenters. The number of fused-ring (bicyclic) bond motifs is 1. The van der Waals surface area contributed by atoms with Gasteiger partial charge in [0, 0.05) is 74.6 Å². The predicted molar refractivity (Wildman–Crippen MR) is 218 cm³/mol. The molecular weight excluding hydrogens is 756 g/mol. The highest BCUT2D eigenvalue weighted by atomic mass is 35.5. The van der Waals surface area contributed by atoms with Crippen LogP contribution in [0.1, 0.15) is 82.6 Å². The fourth-order valence-electron chi connectivity index (χ4n) is 8.45. The van der Waals surface area contributed by atoms with E-state index in [2.05, 4.69) is 44.9 Å². The Morgan fingerprint density at radius 3 is 2.31 bits per heavy atom. The van der Waals surface area contributed by atoms with Crippen molar-refractivity contribution >= 4 is 46.9 Å². The zero-order valence-corrected chi connectivity index (χ0v) is 33.4. The minimum atomic E-state index is -0.972. The first-order valence-corrected chi connectivity index (χ1v) is 20.2. The maximum absolute atomic E-state index is 13.3. The van der Waals surface area contributed by atoms with Gasteiger partial charge in [0.2, 0.25) is 17.8 Å². The van der Waals surface area contributed by atoms with E-state index in [1.807, 2.05) is 48.5 Å². The number of imide groups is 2. The molecule has 0 radical (unpaired) electrons. The molecule has 5 heterocycles. The summed E-state index contributed by atoms with van der Waals surface area (Å²) >= 11 is 6.30. The van der Waals surface area contributed by atoms with E-state index in [4.69, 9.17) is 21.3 Å². The second-order valence-electron chi connectivity index (χ2n) is 16.0. The van der Waals surface area contributed by atoms with E-state index in [0.717, 1.165) is 97.8 Å². The average Bonchev–Trinajstić information content (AvgIpc) is 3.48. The van der Waals surface area contributed by atoms with E-state index >= 15 is 0 Å². The molecule has 13 nitrogen and oxygen atoms in total. The van der Waals surface area contributed by atoms with Crippen LogP contribution >= 0.6 is 11.6 Å². The number of halogens is 1. The molecule has 0 aliphatic carbocycles. The zero-order chi connectivity index (χ0) is 40.6. The monoisotopic (exact) mass is 800 g/mol. The first-order chi connectivity index (χ1) is 28.0. The van der Waals surface area contributed by atoms with Crippen molar-refractivity contribution in [3.05, 3.63) is 111 Å². The first kappa shape index (κ1) is 39.0. The molecule has 4 aromatic rings. The van der Waals surface area contributed by atoms with Gasteiger partial charge in [-0.2, -0.15) is 5.26 Å². The Labute approximate surface area is 342 Å². The van der Waals surface area contributed by atoms with E-state index in [9.17, 15) is 24.4 Å². The average molecular weight is 801 g/mol. The first-order valence-electron chi connectivity index (χ1n) is 19.8. The predicted octanol–water partition coefficient (Wildman–Crippen LogP) is 5.35. The topological polar surface area (TPSA) is 152 Å². The second kappa shape index (κ2) is 16.2. The van der Waals surface area contributed by atoms with Crippen molar-refractivity contribution < 1.29 is 23.9 Å². The van der Waals surface area contributed by atoms with Gasteiger partial charge in [0.15, 0.2) is 0 Å². The summed E-state index contributed by atoms with van der Waals surface area (Å²) in [5.74, 6) is 0.0542. The van der Waals surface area contributed by atoms with Crippen LogP contribution in [0.25, 0.3) is 0 Å². The normalized spacial score (nSPS) is 19.3. The summed E-state index contributed by atoms with van der Waals surface area (Å²) in [5.41, 5.74) is 4.53. The summed E-state index contributed by atoms with van der Waals surface area (Å²) in [4.78, 5) is 68.0. The van der Waals surface area contributed by atoms with Crippen LogP contribution in [0.15, 0.2) is 72.9 Å². The Hall–Kier alpha value is -5.84. The van der Waals surface area contributed by atoms with Gasteiger partial charge in [-0.1, -0.05) is 37.6 Å². The van der Waals surface area contributed by atoms with Crippen LogP contribution in [0, 0.1) is 17.2 Å². The Balaban J connectivity index is 0.794. The number of ether oxygens (including phenoxy) is 1. The van der Waals surface area contributed by atoms with Crippen LogP contribution in [0.3, 0.4) is 0 Å². The number of hydrogen-bond acceptors (Lipinski definition) is 11. The molecule has 1 aromatic heterocycles. The molecule has 4 aliphatic heterocycles. The number of aromatic nitrogens is 2. The summed E-state index contributed by atoms with van der Waals surface area (Å²) in [6.07, 6.45) is 4.12. The molecule has 58 heavy (non-hydrogen) atoms. The largest absolute Gasteiger partial charge is 0.487 e. The molecule has 3 saturated heterocycles. The molecule has 0 saturated carbocycles. The van der Waals surface area contributed by atoms with Crippen molar-refractivity contribution in [2.45, 2.75) is 57.6 Å². The fourth-order valence-corrected chi connectivity index (χ4v) is 8.68. The summed E-state index contributed by atoms with van der Waals surface area (Å²) in [7, 11) is 0. The van der Waals surface area contributed by atoms with Crippen molar-refractivity contribution in [2.24, 2.45) is 5.92 Å². The van der Waals surface area contributed by atoms with Gasteiger partial charge in [0.25, 0.3) is 11.8 Å². The standard InChI is InChI=1S/C44H45ClN8O5/c1-44(2,31-21-29(25-46)22-32(45)23-31)30-3-6-35(7-4-30)58-27-33-11-14-47-43(48-33)52-15-12-28(13-16-52)26-50-17-19-51(20-18-50)34-5-8-36-37(24-34)42(57)53(41(36)56)38-9-10-39(54)49-40(38)55/h3-8,11,14,21-24,28,38H,9-10,12-13,15-20,26-27H2,1-2H3,(H,49,54,55). The molecule has 0 bridgehead atoms. The van der Waals surface area contributed by atoms with Gasteiger partial charge in [-0.25, -0.2) is 9.97 Å². The van der Waals surface area contributed by atoms with Gasteiger partial charge >= 0.3 is 0 Å². The number of nitrogens with one attached hydrogen (secondary N) is 1. The Morgan fingerprint density at radius 2 is 1.59 bits per heavy atom. The molecule has 14 heteroatoms. The highest BCUT2D eigenvalue weighted by molar-refractivity contribution is 6.30. The van der Waals surface area contributed by atoms with Gasteiger partial charge in [0.1, 0.15) is 18.4 Å². The summed E-state index contributed by atoms with van der Waals surface area (Å²) < 4.78 is 6.13. The molecule has 4 amide bonds. The highest BCUT2D eigenvalue weighted by Crippen LogP contribution is 2.35. The minimum Gasteiger partial charge on any atom is -0.487 e. The SMILES string of the molecule is CC(C)(c1ccc(OCc2ccnc(N3CCC(CN4CCN(c5ccc6c(c5)C(=O)N(C5CCC(=O)NC5=O)C6=O)CC4)CC3)n2)cc1)c1cc(Cl)cc(C#N)c1.